The fraction of sp³-hybridized carbons (Fsp3) is 0.150. The number of thiophene rings is 1. The van der Waals surface area contributed by atoms with Crippen molar-refractivity contribution in [3.8, 4) is 23.0 Å². The van der Waals surface area contributed by atoms with Crippen LogP contribution in [0.5, 0.6) is 23.0 Å². The number of methoxy groups -OCH3 is 3. The van der Waals surface area contributed by atoms with Gasteiger partial charge in [0.1, 0.15) is 21.3 Å². The monoisotopic (exact) mass is 449 g/mol. The van der Waals surface area contributed by atoms with E-state index in [1.54, 1.807) is 37.4 Å². The predicted octanol–water partition coefficient (Wildman–Crippen LogP) is 4.15. The molecule has 0 aliphatic rings. The van der Waals surface area contributed by atoms with Crippen LogP contribution >= 0.6 is 11.3 Å². The zero-order valence-corrected chi connectivity index (χ0v) is 18.0. The number of esters is 1. The van der Waals surface area contributed by atoms with Crippen LogP contribution in [0.15, 0.2) is 58.8 Å². The Kier molecular flexibility index (Phi) is 6.48. The third-order valence-electron chi connectivity index (χ3n) is 3.99. The largest absolute Gasteiger partial charge is 0.497 e. The first kappa shape index (κ1) is 21.5. The zero-order valence-electron chi connectivity index (χ0n) is 16.4. The first-order valence-corrected chi connectivity index (χ1v) is 10.9. The molecule has 8 nitrogen and oxygen atoms in total. The van der Waals surface area contributed by atoms with Crippen LogP contribution < -0.4 is 18.9 Å². The van der Waals surface area contributed by atoms with Crippen LogP contribution in [0.3, 0.4) is 0 Å². The molecule has 0 aliphatic carbocycles. The van der Waals surface area contributed by atoms with Crippen molar-refractivity contribution in [2.45, 2.75) is 4.90 Å². The molecular weight excluding hydrogens is 430 g/mol. The number of hydrogen-bond acceptors (Lipinski definition) is 8. The van der Waals surface area contributed by atoms with Crippen LogP contribution in [-0.2, 0) is 14.8 Å². The van der Waals surface area contributed by atoms with Gasteiger partial charge in [-0.3, -0.25) is 4.72 Å². The van der Waals surface area contributed by atoms with E-state index in [0.29, 0.717) is 23.0 Å². The predicted molar refractivity (Wildman–Crippen MR) is 113 cm³/mol. The van der Waals surface area contributed by atoms with E-state index >= 15 is 0 Å². The number of carbonyl (C=O) groups excluding carboxylic acids is 1. The average molecular weight is 450 g/mol. The SMILES string of the molecule is COC(=O)c1sccc1S(=O)(=O)Nc1ccc(OC)c(Oc2ccc(OC)cc2)c1. The van der Waals surface area contributed by atoms with Crippen molar-refractivity contribution < 1.29 is 32.2 Å². The first-order chi connectivity index (χ1) is 14.4. The van der Waals surface area contributed by atoms with Crippen molar-refractivity contribution in [2.75, 3.05) is 26.1 Å². The average Bonchev–Trinajstić information content (AvgIpc) is 3.25. The first-order valence-electron chi connectivity index (χ1n) is 8.56. The highest BCUT2D eigenvalue weighted by Crippen LogP contribution is 2.35. The minimum atomic E-state index is -4.03. The van der Waals surface area contributed by atoms with Crippen LogP contribution in [0.2, 0.25) is 0 Å². The molecule has 2 aromatic carbocycles. The van der Waals surface area contributed by atoms with Crippen molar-refractivity contribution in [2.24, 2.45) is 0 Å². The number of sulfonamides is 1. The second kappa shape index (κ2) is 9.06. The van der Waals surface area contributed by atoms with Gasteiger partial charge in [-0.2, -0.15) is 0 Å². The molecule has 0 bridgehead atoms. The van der Waals surface area contributed by atoms with E-state index in [2.05, 4.69) is 9.46 Å². The molecule has 3 aromatic rings. The Hall–Kier alpha value is -3.24. The number of ether oxygens (including phenoxy) is 4. The molecule has 1 N–H and O–H groups in total. The lowest BCUT2D eigenvalue weighted by Crippen LogP contribution is -2.15. The molecule has 0 saturated heterocycles. The smallest absolute Gasteiger partial charge is 0.349 e. The van der Waals surface area contributed by atoms with Crippen LogP contribution in [0, 0.1) is 0 Å². The number of benzene rings is 2. The van der Waals surface area contributed by atoms with Crippen molar-refractivity contribution in [1.29, 1.82) is 0 Å². The molecule has 0 fully saturated rings. The van der Waals surface area contributed by atoms with E-state index in [1.165, 1.54) is 37.8 Å². The lowest BCUT2D eigenvalue weighted by molar-refractivity contribution is 0.0602. The molecule has 3 rings (SSSR count). The fourth-order valence-corrected chi connectivity index (χ4v) is 4.94. The molecular formula is C20H19NO7S2. The quantitative estimate of drug-likeness (QED) is 0.516. The third-order valence-corrected chi connectivity index (χ3v) is 6.44. The Morgan fingerprint density at radius 3 is 2.23 bits per heavy atom. The summed E-state index contributed by atoms with van der Waals surface area (Å²) in [5, 5.41) is 1.51. The van der Waals surface area contributed by atoms with Gasteiger partial charge in [-0.05, 0) is 47.8 Å². The van der Waals surface area contributed by atoms with Crippen molar-refractivity contribution >= 4 is 33.0 Å². The van der Waals surface area contributed by atoms with Crippen LogP contribution in [0.25, 0.3) is 0 Å². The van der Waals surface area contributed by atoms with E-state index < -0.39 is 16.0 Å². The molecule has 0 unspecified atom stereocenters. The minimum absolute atomic E-state index is 0.00628. The number of rotatable bonds is 8. The lowest BCUT2D eigenvalue weighted by Gasteiger charge is -2.14. The Balaban J connectivity index is 1.89. The Morgan fingerprint density at radius 1 is 0.900 bits per heavy atom. The van der Waals surface area contributed by atoms with Crippen LogP contribution in [-0.4, -0.2) is 35.7 Å². The summed E-state index contributed by atoms with van der Waals surface area (Å²) < 4.78 is 49.0. The second-order valence-corrected chi connectivity index (χ2v) is 8.42. The van der Waals surface area contributed by atoms with Gasteiger partial charge in [0, 0.05) is 6.07 Å². The minimum Gasteiger partial charge on any atom is -0.497 e. The van der Waals surface area contributed by atoms with Gasteiger partial charge in [0.05, 0.1) is 27.0 Å². The summed E-state index contributed by atoms with van der Waals surface area (Å²) >= 11 is 0.985. The molecule has 0 radical (unpaired) electrons. The van der Waals surface area contributed by atoms with Gasteiger partial charge < -0.3 is 18.9 Å². The summed E-state index contributed by atoms with van der Waals surface area (Å²) in [6, 6.07) is 12.8. The topological polar surface area (TPSA) is 100 Å². The van der Waals surface area contributed by atoms with Crippen LogP contribution in [0.1, 0.15) is 9.67 Å². The van der Waals surface area contributed by atoms with Crippen molar-refractivity contribution in [3.63, 3.8) is 0 Å². The number of nitrogens with one attached hydrogen (secondary N) is 1. The maximum atomic E-state index is 12.8. The Morgan fingerprint density at radius 2 is 1.60 bits per heavy atom. The molecule has 1 aromatic heterocycles. The van der Waals surface area contributed by atoms with Crippen molar-refractivity contribution in [1.82, 2.24) is 0 Å². The molecule has 0 spiro atoms. The molecule has 30 heavy (non-hydrogen) atoms. The molecule has 0 aliphatic heterocycles. The van der Waals surface area contributed by atoms with Gasteiger partial charge in [-0.15, -0.1) is 11.3 Å². The van der Waals surface area contributed by atoms with E-state index in [4.69, 9.17) is 14.2 Å². The van der Waals surface area contributed by atoms with Gasteiger partial charge in [0.25, 0.3) is 10.0 Å². The maximum absolute atomic E-state index is 12.8. The number of carbonyl (C=O) groups is 1. The molecule has 1 heterocycles. The molecule has 0 saturated carbocycles. The van der Waals surface area contributed by atoms with Crippen molar-refractivity contribution in [3.05, 3.63) is 58.8 Å². The molecule has 0 amide bonds. The molecule has 158 valence electrons. The van der Waals surface area contributed by atoms with E-state index in [9.17, 15) is 13.2 Å². The summed E-state index contributed by atoms with van der Waals surface area (Å²) in [5.74, 6) is 1.19. The summed E-state index contributed by atoms with van der Waals surface area (Å²) in [7, 11) is 0.209. The van der Waals surface area contributed by atoms with E-state index in [0.717, 1.165) is 11.3 Å². The van der Waals surface area contributed by atoms with E-state index in [1.807, 2.05) is 0 Å². The summed E-state index contributed by atoms with van der Waals surface area (Å²) in [5.41, 5.74) is 0.237. The number of hydrogen-bond donors (Lipinski definition) is 1. The maximum Gasteiger partial charge on any atom is 0.349 e. The Labute approximate surface area is 178 Å². The van der Waals surface area contributed by atoms with E-state index in [-0.39, 0.29) is 15.5 Å². The normalized spacial score (nSPS) is 10.9. The standard InChI is InChI=1S/C20H19NO7S2/c1-25-14-5-7-15(8-6-14)28-17-12-13(4-9-16(17)26-2)21-30(23,24)18-10-11-29-19(18)20(22)27-3/h4-12,21H,1-3H3. The lowest BCUT2D eigenvalue weighted by atomic mass is 10.2. The van der Waals surface area contributed by atoms with Gasteiger partial charge in [0.15, 0.2) is 11.5 Å². The molecule has 0 atom stereocenters. The van der Waals surface area contributed by atoms with Gasteiger partial charge in [-0.1, -0.05) is 0 Å². The highest BCUT2D eigenvalue weighted by atomic mass is 32.2. The van der Waals surface area contributed by atoms with Gasteiger partial charge in [-0.25, -0.2) is 13.2 Å². The third kappa shape index (κ3) is 4.66. The summed E-state index contributed by atoms with van der Waals surface area (Å²) in [6.45, 7) is 0. The highest BCUT2D eigenvalue weighted by molar-refractivity contribution is 7.93. The highest BCUT2D eigenvalue weighted by Gasteiger charge is 2.25. The number of anilines is 1. The van der Waals surface area contributed by atoms with Gasteiger partial charge in [0.2, 0.25) is 0 Å². The van der Waals surface area contributed by atoms with Gasteiger partial charge >= 0.3 is 5.97 Å². The summed E-state index contributed by atoms with van der Waals surface area (Å²) in [4.78, 5) is 11.7. The molecule has 10 heteroatoms. The Bertz CT molecular complexity index is 1140. The summed E-state index contributed by atoms with van der Waals surface area (Å²) in [6.07, 6.45) is 0. The second-order valence-electron chi connectivity index (χ2n) is 5.85. The fourth-order valence-electron chi connectivity index (χ4n) is 2.55. The zero-order chi connectivity index (χ0) is 21.7. The van der Waals surface area contributed by atoms with Crippen LogP contribution in [0.4, 0.5) is 5.69 Å².